The molecule has 2 aromatic rings. The van der Waals surface area contributed by atoms with E-state index in [0.29, 0.717) is 31.6 Å². The molecule has 7 heteroatoms. The Morgan fingerprint density at radius 1 is 1.12 bits per heavy atom. The number of nitrogens with one attached hydrogen (secondary N) is 3. The first-order valence-corrected chi connectivity index (χ1v) is 11.1. The highest BCUT2D eigenvalue weighted by Gasteiger charge is 2.22. The van der Waals surface area contributed by atoms with Crippen molar-refractivity contribution in [2.24, 2.45) is 0 Å². The van der Waals surface area contributed by atoms with E-state index in [0.717, 1.165) is 36.1 Å². The number of hydrogen-bond donors (Lipinski definition) is 3. The van der Waals surface area contributed by atoms with E-state index in [1.54, 1.807) is 6.08 Å². The maximum atomic E-state index is 13.3. The maximum Gasteiger partial charge on any atom is 0.319 e. The lowest BCUT2D eigenvalue weighted by Crippen LogP contribution is -2.42. The minimum absolute atomic E-state index is 0.00468. The van der Waals surface area contributed by atoms with Gasteiger partial charge >= 0.3 is 6.03 Å². The second-order valence-corrected chi connectivity index (χ2v) is 8.15. The molecule has 2 heterocycles. The van der Waals surface area contributed by atoms with Gasteiger partial charge in [-0.05, 0) is 67.5 Å². The minimum Gasteiger partial charge on any atom is -0.350 e. The lowest BCUT2D eigenvalue weighted by atomic mass is 10.0. The van der Waals surface area contributed by atoms with E-state index >= 15 is 0 Å². The quantitative estimate of drug-likeness (QED) is 0.693. The summed E-state index contributed by atoms with van der Waals surface area (Å²) in [6.45, 7) is 3.52. The van der Waals surface area contributed by atoms with Crippen LogP contribution in [0.1, 0.15) is 46.3 Å². The van der Waals surface area contributed by atoms with Crippen molar-refractivity contribution in [3.8, 4) is 0 Å². The van der Waals surface area contributed by atoms with Gasteiger partial charge in [-0.1, -0.05) is 30.3 Å². The Morgan fingerprint density at radius 2 is 1.97 bits per heavy atom. The number of urea groups is 1. The second kappa shape index (κ2) is 9.68. The van der Waals surface area contributed by atoms with Gasteiger partial charge in [-0.25, -0.2) is 4.79 Å². The Bertz CT molecular complexity index is 1080. The van der Waals surface area contributed by atoms with Gasteiger partial charge in [0.2, 0.25) is 0 Å². The van der Waals surface area contributed by atoms with Gasteiger partial charge in [0.1, 0.15) is 5.70 Å². The van der Waals surface area contributed by atoms with Crippen molar-refractivity contribution in [1.29, 1.82) is 0 Å². The molecule has 0 unspecified atom stereocenters. The molecule has 2 aliphatic heterocycles. The van der Waals surface area contributed by atoms with Crippen LogP contribution in [0.3, 0.4) is 0 Å². The van der Waals surface area contributed by atoms with Crippen LogP contribution in [0.25, 0.3) is 0 Å². The van der Waals surface area contributed by atoms with Crippen LogP contribution in [-0.2, 0) is 17.8 Å². The average Bonchev–Trinajstić information content (AvgIpc) is 3.02. The van der Waals surface area contributed by atoms with Gasteiger partial charge in [-0.2, -0.15) is 0 Å². The zero-order valence-electron chi connectivity index (χ0n) is 18.2. The minimum atomic E-state index is -0.436. The van der Waals surface area contributed by atoms with Gasteiger partial charge in [-0.3, -0.25) is 9.59 Å². The number of hydrogen-bond acceptors (Lipinski definition) is 3. The number of anilines is 1. The third kappa shape index (κ3) is 4.82. The Balaban J connectivity index is 1.42. The van der Waals surface area contributed by atoms with E-state index in [1.165, 1.54) is 5.56 Å². The van der Waals surface area contributed by atoms with Crippen LogP contribution in [0.5, 0.6) is 0 Å². The average molecular weight is 433 g/mol. The standard InChI is InChI=1S/C25H28N4O3/c1-17-15-19(24(31)29-14-5-4-8-18-7-2-3-10-22(18)29)11-12-20(17)16-27-25(32)28-21-9-6-13-26-23(21)30/h2-3,7,9-12,15H,4-6,8,13-14,16H2,1H3,(H,26,30)(H2,27,28,32). The lowest BCUT2D eigenvalue weighted by molar-refractivity contribution is -0.118. The number of carbonyl (C=O) groups is 3. The van der Waals surface area contributed by atoms with Crippen molar-refractivity contribution in [2.75, 3.05) is 18.0 Å². The number of benzene rings is 2. The maximum absolute atomic E-state index is 13.3. The van der Waals surface area contributed by atoms with E-state index in [4.69, 9.17) is 0 Å². The van der Waals surface area contributed by atoms with Crippen LogP contribution in [0.4, 0.5) is 10.5 Å². The van der Waals surface area contributed by atoms with Gasteiger partial charge < -0.3 is 20.9 Å². The molecule has 0 saturated heterocycles. The molecule has 0 saturated carbocycles. The number of rotatable bonds is 4. The smallest absolute Gasteiger partial charge is 0.319 e. The molecule has 2 aromatic carbocycles. The van der Waals surface area contributed by atoms with E-state index in [1.807, 2.05) is 48.2 Å². The predicted molar refractivity (Wildman–Crippen MR) is 123 cm³/mol. The molecule has 0 radical (unpaired) electrons. The summed E-state index contributed by atoms with van der Waals surface area (Å²) in [5, 5.41) is 8.05. The summed E-state index contributed by atoms with van der Waals surface area (Å²) in [7, 11) is 0. The first-order chi connectivity index (χ1) is 15.5. The summed E-state index contributed by atoms with van der Waals surface area (Å²) in [4.78, 5) is 39.1. The molecular weight excluding hydrogens is 404 g/mol. The summed E-state index contributed by atoms with van der Waals surface area (Å²) in [6, 6.07) is 13.2. The Kier molecular flexibility index (Phi) is 6.54. The third-order valence-electron chi connectivity index (χ3n) is 5.91. The van der Waals surface area contributed by atoms with Gasteiger partial charge in [-0.15, -0.1) is 0 Å². The Morgan fingerprint density at radius 3 is 2.78 bits per heavy atom. The van der Waals surface area contributed by atoms with Crippen LogP contribution in [0.15, 0.2) is 54.2 Å². The number of fused-ring (bicyclic) bond motifs is 1. The van der Waals surface area contributed by atoms with Gasteiger partial charge in [0.15, 0.2) is 0 Å². The molecule has 7 nitrogen and oxygen atoms in total. The third-order valence-corrected chi connectivity index (χ3v) is 5.91. The molecule has 32 heavy (non-hydrogen) atoms. The zero-order valence-corrected chi connectivity index (χ0v) is 18.2. The van der Waals surface area contributed by atoms with Crippen molar-refractivity contribution >= 4 is 23.5 Å². The molecule has 0 bridgehead atoms. The van der Waals surface area contributed by atoms with E-state index in [9.17, 15) is 14.4 Å². The van der Waals surface area contributed by atoms with Crippen LogP contribution < -0.4 is 20.9 Å². The Hall–Kier alpha value is -3.61. The summed E-state index contributed by atoms with van der Waals surface area (Å²) >= 11 is 0. The molecule has 166 valence electrons. The van der Waals surface area contributed by atoms with Crippen LogP contribution in [0.2, 0.25) is 0 Å². The van der Waals surface area contributed by atoms with Crippen molar-refractivity contribution in [1.82, 2.24) is 16.0 Å². The zero-order chi connectivity index (χ0) is 22.5. The van der Waals surface area contributed by atoms with Gasteiger partial charge in [0.25, 0.3) is 11.8 Å². The second-order valence-electron chi connectivity index (χ2n) is 8.15. The highest BCUT2D eigenvalue weighted by atomic mass is 16.2. The number of carbonyl (C=O) groups excluding carboxylic acids is 3. The summed E-state index contributed by atoms with van der Waals surface area (Å²) in [5.74, 6) is -0.282. The number of amides is 4. The van der Waals surface area contributed by atoms with E-state index in [2.05, 4.69) is 22.0 Å². The molecule has 0 aromatic heterocycles. The fourth-order valence-corrected chi connectivity index (χ4v) is 4.13. The molecule has 0 atom stereocenters. The lowest BCUT2D eigenvalue weighted by Gasteiger charge is -2.23. The van der Waals surface area contributed by atoms with E-state index in [-0.39, 0.29) is 17.5 Å². The summed E-state index contributed by atoms with van der Waals surface area (Å²) in [6.07, 6.45) is 5.45. The predicted octanol–water partition coefficient (Wildman–Crippen LogP) is 3.18. The first kappa shape index (κ1) is 21.6. The first-order valence-electron chi connectivity index (χ1n) is 11.1. The van der Waals surface area contributed by atoms with Gasteiger partial charge in [0.05, 0.1) is 0 Å². The van der Waals surface area contributed by atoms with E-state index < -0.39 is 6.03 Å². The van der Waals surface area contributed by atoms with Crippen LogP contribution >= 0.6 is 0 Å². The largest absolute Gasteiger partial charge is 0.350 e. The van der Waals surface area contributed by atoms with Crippen molar-refractivity contribution in [2.45, 2.75) is 39.2 Å². The van der Waals surface area contributed by atoms with Crippen LogP contribution in [-0.4, -0.2) is 30.9 Å². The summed E-state index contributed by atoms with van der Waals surface area (Å²) < 4.78 is 0. The monoisotopic (exact) mass is 432 g/mol. The highest BCUT2D eigenvalue weighted by Crippen LogP contribution is 2.28. The molecular formula is C25H28N4O3. The fraction of sp³-hybridized carbons (Fsp3) is 0.320. The topological polar surface area (TPSA) is 90.5 Å². The Labute approximate surface area is 187 Å². The number of aryl methyl sites for hydroxylation is 2. The van der Waals surface area contributed by atoms with Crippen molar-refractivity contribution in [3.05, 3.63) is 76.5 Å². The van der Waals surface area contributed by atoms with Crippen molar-refractivity contribution in [3.63, 3.8) is 0 Å². The molecule has 0 fully saturated rings. The molecule has 3 N–H and O–H groups in total. The SMILES string of the molecule is Cc1cc(C(=O)N2CCCCc3ccccc32)ccc1CNC(=O)NC1=CCCNC1=O. The number of nitrogens with zero attached hydrogens (tertiary/aromatic N) is 1. The number of para-hydroxylation sites is 1. The molecule has 0 aliphatic carbocycles. The molecule has 4 rings (SSSR count). The van der Waals surface area contributed by atoms with Crippen molar-refractivity contribution < 1.29 is 14.4 Å². The normalized spacial score (nSPS) is 15.7. The van der Waals surface area contributed by atoms with Gasteiger partial charge in [0, 0.05) is 30.9 Å². The highest BCUT2D eigenvalue weighted by molar-refractivity contribution is 6.06. The molecule has 2 aliphatic rings. The van der Waals surface area contributed by atoms with Crippen LogP contribution in [0, 0.1) is 6.92 Å². The fourth-order valence-electron chi connectivity index (χ4n) is 4.13. The molecule has 0 spiro atoms. The summed E-state index contributed by atoms with van der Waals surface area (Å²) in [5.41, 5.74) is 4.95. The molecule has 4 amide bonds.